The minimum Gasteiger partial charge on any atom is -0.359 e. The van der Waals surface area contributed by atoms with Gasteiger partial charge in [0.2, 0.25) is 0 Å². The number of rotatable bonds is 7. The molecule has 5 nitrogen and oxygen atoms in total. The van der Waals surface area contributed by atoms with Gasteiger partial charge >= 0.3 is 0 Å². The molecule has 0 atom stereocenters. The van der Waals surface area contributed by atoms with Crippen LogP contribution in [0.5, 0.6) is 0 Å². The second-order valence-corrected chi connectivity index (χ2v) is 7.85. The van der Waals surface area contributed by atoms with Crippen molar-refractivity contribution in [2.24, 2.45) is 5.92 Å². The molecule has 0 unspecified atom stereocenters. The van der Waals surface area contributed by atoms with Crippen LogP contribution in [0, 0.1) is 5.92 Å². The van der Waals surface area contributed by atoms with E-state index < -0.39 is 0 Å². The number of piperidine rings is 1. The Hall–Kier alpha value is -2.66. The fraction of sp³-hybridized carbons (Fsp3) is 0.391. The first-order chi connectivity index (χ1) is 13.8. The lowest BCUT2D eigenvalue weighted by molar-refractivity contribution is 0.179. The number of hydrogen-bond acceptors (Lipinski definition) is 4. The summed E-state index contributed by atoms with van der Waals surface area (Å²) in [5, 5.41) is 0. The van der Waals surface area contributed by atoms with E-state index in [9.17, 15) is 0 Å². The second kappa shape index (κ2) is 9.02. The highest BCUT2D eigenvalue weighted by Gasteiger charge is 2.21. The molecular weight excluding hydrogens is 346 g/mol. The third-order valence-corrected chi connectivity index (χ3v) is 5.61. The molecule has 146 valence electrons. The Bertz CT molecular complexity index is 821. The van der Waals surface area contributed by atoms with E-state index in [4.69, 9.17) is 0 Å². The van der Waals surface area contributed by atoms with Crippen molar-refractivity contribution in [1.82, 2.24) is 19.4 Å². The van der Waals surface area contributed by atoms with Gasteiger partial charge in [0.25, 0.3) is 0 Å². The fourth-order valence-electron chi connectivity index (χ4n) is 3.98. The van der Waals surface area contributed by atoms with E-state index in [0.29, 0.717) is 0 Å². The van der Waals surface area contributed by atoms with Crippen LogP contribution >= 0.6 is 0 Å². The highest BCUT2D eigenvalue weighted by molar-refractivity contribution is 5.38. The van der Waals surface area contributed by atoms with E-state index in [-0.39, 0.29) is 0 Å². The van der Waals surface area contributed by atoms with Crippen molar-refractivity contribution in [3.05, 3.63) is 78.5 Å². The Balaban J connectivity index is 1.24. The molecule has 1 aromatic carbocycles. The minimum absolute atomic E-state index is 0.740. The van der Waals surface area contributed by atoms with Gasteiger partial charge in [-0.15, -0.1) is 0 Å². The number of aromatic nitrogens is 3. The fourth-order valence-corrected chi connectivity index (χ4v) is 3.98. The summed E-state index contributed by atoms with van der Waals surface area (Å²) in [5.41, 5.74) is 2.61. The summed E-state index contributed by atoms with van der Waals surface area (Å²) < 4.78 is 2.06. The summed E-state index contributed by atoms with van der Waals surface area (Å²) in [6, 6.07) is 15.1. The average molecular weight is 376 g/mol. The van der Waals surface area contributed by atoms with Crippen LogP contribution in [0.25, 0.3) is 0 Å². The molecule has 3 heterocycles. The lowest BCUT2D eigenvalue weighted by Crippen LogP contribution is -2.37. The van der Waals surface area contributed by atoms with Crippen LogP contribution in [0.4, 0.5) is 5.82 Å². The van der Waals surface area contributed by atoms with Crippen molar-refractivity contribution in [1.29, 1.82) is 0 Å². The summed E-state index contributed by atoms with van der Waals surface area (Å²) >= 11 is 0. The van der Waals surface area contributed by atoms with Gasteiger partial charge in [-0.1, -0.05) is 36.4 Å². The first-order valence-corrected chi connectivity index (χ1v) is 10.1. The summed E-state index contributed by atoms with van der Waals surface area (Å²) in [5.74, 6) is 1.80. The van der Waals surface area contributed by atoms with E-state index in [2.05, 4.69) is 73.8 Å². The molecule has 0 bridgehead atoms. The summed E-state index contributed by atoms with van der Waals surface area (Å²) in [4.78, 5) is 13.6. The molecule has 1 aliphatic heterocycles. The van der Waals surface area contributed by atoms with Gasteiger partial charge in [-0.3, -0.25) is 4.90 Å². The number of pyridine rings is 1. The molecule has 0 radical (unpaired) electrons. The Morgan fingerprint density at radius 1 is 1.00 bits per heavy atom. The van der Waals surface area contributed by atoms with Crippen LogP contribution in [0.15, 0.2) is 67.4 Å². The van der Waals surface area contributed by atoms with Gasteiger partial charge in [0, 0.05) is 45.3 Å². The molecule has 0 aliphatic carbocycles. The molecule has 1 fully saturated rings. The minimum atomic E-state index is 0.740. The quantitative estimate of drug-likeness (QED) is 0.631. The molecule has 1 aliphatic rings. The first-order valence-electron chi connectivity index (χ1n) is 10.1. The van der Waals surface area contributed by atoms with E-state index >= 15 is 0 Å². The van der Waals surface area contributed by atoms with E-state index in [1.54, 1.807) is 6.20 Å². The lowest BCUT2D eigenvalue weighted by atomic mass is 9.96. The Morgan fingerprint density at radius 2 is 1.82 bits per heavy atom. The van der Waals surface area contributed by atoms with Crippen molar-refractivity contribution in [3.8, 4) is 0 Å². The molecule has 0 N–H and O–H groups in total. The zero-order chi connectivity index (χ0) is 19.2. The van der Waals surface area contributed by atoms with Crippen LogP contribution in [-0.2, 0) is 13.1 Å². The molecular formula is C23H29N5. The summed E-state index contributed by atoms with van der Waals surface area (Å²) in [7, 11) is 2.16. The molecule has 0 spiro atoms. The van der Waals surface area contributed by atoms with Crippen molar-refractivity contribution in [3.63, 3.8) is 0 Å². The van der Waals surface area contributed by atoms with E-state index in [1.807, 2.05) is 18.7 Å². The van der Waals surface area contributed by atoms with Crippen LogP contribution < -0.4 is 4.90 Å². The smallest absolute Gasteiger partial charge is 0.128 e. The van der Waals surface area contributed by atoms with Gasteiger partial charge in [-0.25, -0.2) is 9.97 Å². The number of likely N-dealkylation sites (tertiary alicyclic amines) is 1. The zero-order valence-corrected chi connectivity index (χ0v) is 16.6. The number of imidazole rings is 1. The van der Waals surface area contributed by atoms with Gasteiger partial charge in [-0.2, -0.15) is 0 Å². The monoisotopic (exact) mass is 375 g/mol. The van der Waals surface area contributed by atoms with Gasteiger partial charge in [0.15, 0.2) is 0 Å². The third-order valence-electron chi connectivity index (χ3n) is 5.61. The Morgan fingerprint density at radius 3 is 2.50 bits per heavy atom. The Labute approximate surface area is 167 Å². The third kappa shape index (κ3) is 4.98. The van der Waals surface area contributed by atoms with Gasteiger partial charge in [-0.05, 0) is 49.0 Å². The second-order valence-electron chi connectivity index (χ2n) is 7.85. The number of nitrogens with zero attached hydrogens (tertiary/aromatic N) is 5. The molecule has 5 heteroatoms. The maximum atomic E-state index is 4.68. The largest absolute Gasteiger partial charge is 0.359 e. The first kappa shape index (κ1) is 18.7. The lowest BCUT2D eigenvalue weighted by Gasteiger charge is -2.34. The van der Waals surface area contributed by atoms with Crippen molar-refractivity contribution < 1.29 is 0 Å². The van der Waals surface area contributed by atoms with E-state index in [0.717, 1.165) is 31.4 Å². The van der Waals surface area contributed by atoms with Crippen molar-refractivity contribution >= 4 is 5.82 Å². The van der Waals surface area contributed by atoms with E-state index in [1.165, 1.54) is 37.1 Å². The molecule has 3 aromatic rings. The summed E-state index contributed by atoms with van der Waals surface area (Å²) in [6.07, 6.45) is 10.1. The number of hydrogen-bond donors (Lipinski definition) is 0. The maximum absolute atomic E-state index is 4.68. The summed E-state index contributed by atoms with van der Waals surface area (Å²) in [6.45, 7) is 5.34. The average Bonchev–Trinajstić information content (AvgIpc) is 3.24. The number of anilines is 1. The van der Waals surface area contributed by atoms with Gasteiger partial charge < -0.3 is 9.47 Å². The molecule has 2 aromatic heterocycles. The standard InChI is InChI=1S/C23H29N5/c1-26(23-8-7-22(15-25-23)18-28-14-11-24-19-28)16-21-9-12-27(13-10-21)17-20-5-3-2-4-6-20/h2-8,11,14-15,19,21H,9-10,12-13,16-18H2,1H3. The van der Waals surface area contributed by atoms with Gasteiger partial charge in [0.1, 0.15) is 5.82 Å². The highest BCUT2D eigenvalue weighted by Crippen LogP contribution is 2.21. The normalized spacial score (nSPS) is 15.6. The molecule has 4 rings (SSSR count). The zero-order valence-electron chi connectivity index (χ0n) is 16.6. The number of benzene rings is 1. The van der Waals surface area contributed by atoms with Crippen LogP contribution in [0.2, 0.25) is 0 Å². The Kier molecular flexibility index (Phi) is 6.02. The van der Waals surface area contributed by atoms with Crippen LogP contribution in [0.3, 0.4) is 0 Å². The molecule has 1 saturated heterocycles. The molecule has 28 heavy (non-hydrogen) atoms. The van der Waals surface area contributed by atoms with Crippen molar-refractivity contribution in [2.75, 3.05) is 31.6 Å². The predicted molar refractivity (Wildman–Crippen MR) is 113 cm³/mol. The highest BCUT2D eigenvalue weighted by atomic mass is 15.2. The van der Waals surface area contributed by atoms with Gasteiger partial charge in [0.05, 0.1) is 6.33 Å². The van der Waals surface area contributed by atoms with Crippen LogP contribution in [-0.4, -0.2) is 46.1 Å². The molecule has 0 amide bonds. The molecule has 0 saturated carbocycles. The van der Waals surface area contributed by atoms with Crippen molar-refractivity contribution in [2.45, 2.75) is 25.9 Å². The SMILES string of the molecule is CN(CC1CCN(Cc2ccccc2)CC1)c1ccc(Cn2ccnc2)cn1. The van der Waals surface area contributed by atoms with Crippen LogP contribution in [0.1, 0.15) is 24.0 Å². The maximum Gasteiger partial charge on any atom is 0.128 e. The topological polar surface area (TPSA) is 37.2 Å². The predicted octanol–water partition coefficient (Wildman–Crippen LogP) is 3.67.